The van der Waals surface area contributed by atoms with Gasteiger partial charge in [-0.05, 0) is 43.5 Å². The van der Waals surface area contributed by atoms with E-state index in [0.29, 0.717) is 17.8 Å². The molecule has 1 aromatic rings. The van der Waals surface area contributed by atoms with E-state index in [-0.39, 0.29) is 17.9 Å². The Kier molecular flexibility index (Phi) is 4.43. The van der Waals surface area contributed by atoms with Gasteiger partial charge in [-0.25, -0.2) is 0 Å². The zero-order chi connectivity index (χ0) is 13.8. The van der Waals surface area contributed by atoms with E-state index in [1.54, 1.807) is 18.2 Å². The monoisotopic (exact) mass is 262 g/mol. The molecule has 104 valence electrons. The van der Waals surface area contributed by atoms with Crippen LogP contribution in [0.25, 0.3) is 0 Å². The van der Waals surface area contributed by atoms with Crippen LogP contribution in [0.5, 0.6) is 0 Å². The van der Waals surface area contributed by atoms with Gasteiger partial charge in [-0.2, -0.15) is 0 Å². The molecule has 0 radical (unpaired) electrons. The van der Waals surface area contributed by atoms with Crippen molar-refractivity contribution in [1.29, 1.82) is 0 Å². The highest BCUT2D eigenvalue weighted by atomic mass is 16.3. The summed E-state index contributed by atoms with van der Waals surface area (Å²) in [7, 11) is 0. The predicted octanol–water partition coefficient (Wildman–Crippen LogP) is 1.86. The quantitative estimate of drug-likeness (QED) is 0.728. The highest BCUT2D eigenvalue weighted by Gasteiger charge is 2.23. The number of nitrogens with one attached hydrogen (secondary N) is 1. The molecule has 19 heavy (non-hydrogen) atoms. The summed E-state index contributed by atoms with van der Waals surface area (Å²) in [5.41, 5.74) is 7.96. The number of amides is 1. The summed E-state index contributed by atoms with van der Waals surface area (Å²) in [6.45, 7) is 2.43. The van der Waals surface area contributed by atoms with Crippen molar-refractivity contribution >= 4 is 11.6 Å². The van der Waals surface area contributed by atoms with Gasteiger partial charge in [-0.1, -0.05) is 12.8 Å². The number of hydrogen-bond acceptors (Lipinski definition) is 3. The van der Waals surface area contributed by atoms with Crippen LogP contribution in [0.4, 0.5) is 5.69 Å². The lowest BCUT2D eigenvalue weighted by molar-refractivity contribution is 0.0663. The molecule has 2 rings (SSSR count). The summed E-state index contributed by atoms with van der Waals surface area (Å²) < 4.78 is 0. The Bertz CT molecular complexity index is 459. The number of rotatable bonds is 3. The number of carbonyl (C=O) groups excluding carboxylic acids is 1. The van der Waals surface area contributed by atoms with Crippen molar-refractivity contribution in [2.24, 2.45) is 5.92 Å². The standard InChI is InChI=1S/C15H22N2O2/c1-10-8-11(6-7-13(10)16)15(19)17-9-12-4-2-3-5-14(12)18/h6-8,12,14,18H,2-5,9,16H2,1H3,(H,17,19). The predicted molar refractivity (Wildman–Crippen MR) is 75.9 cm³/mol. The molecule has 0 aliphatic heterocycles. The molecule has 0 saturated heterocycles. The third-order valence-electron chi connectivity index (χ3n) is 3.93. The maximum Gasteiger partial charge on any atom is 0.251 e. The number of benzene rings is 1. The normalized spacial score (nSPS) is 23.1. The van der Waals surface area contributed by atoms with E-state index < -0.39 is 0 Å². The molecular weight excluding hydrogens is 240 g/mol. The SMILES string of the molecule is Cc1cc(C(=O)NCC2CCCCC2O)ccc1N. The van der Waals surface area contributed by atoms with Crippen LogP contribution in [0, 0.1) is 12.8 Å². The fourth-order valence-corrected chi connectivity index (χ4v) is 2.57. The second-order valence-corrected chi connectivity index (χ2v) is 5.39. The fraction of sp³-hybridized carbons (Fsp3) is 0.533. The minimum absolute atomic E-state index is 0.0964. The van der Waals surface area contributed by atoms with E-state index in [0.717, 1.165) is 31.2 Å². The Morgan fingerprint density at radius 2 is 2.16 bits per heavy atom. The van der Waals surface area contributed by atoms with Gasteiger partial charge < -0.3 is 16.2 Å². The van der Waals surface area contributed by atoms with Crippen LogP contribution in [-0.2, 0) is 0 Å². The lowest BCUT2D eigenvalue weighted by atomic mass is 9.86. The summed E-state index contributed by atoms with van der Waals surface area (Å²) >= 11 is 0. The summed E-state index contributed by atoms with van der Waals surface area (Å²) in [6.07, 6.45) is 3.78. The Hall–Kier alpha value is -1.55. The van der Waals surface area contributed by atoms with Crippen molar-refractivity contribution in [3.63, 3.8) is 0 Å². The van der Waals surface area contributed by atoms with Gasteiger partial charge in [0.15, 0.2) is 0 Å². The Morgan fingerprint density at radius 1 is 1.42 bits per heavy atom. The largest absolute Gasteiger partial charge is 0.399 e. The molecule has 0 bridgehead atoms. The van der Waals surface area contributed by atoms with Crippen LogP contribution >= 0.6 is 0 Å². The Balaban J connectivity index is 1.91. The highest BCUT2D eigenvalue weighted by Crippen LogP contribution is 2.23. The van der Waals surface area contributed by atoms with Crippen molar-refractivity contribution in [2.45, 2.75) is 38.7 Å². The number of carbonyl (C=O) groups is 1. The third-order valence-corrected chi connectivity index (χ3v) is 3.93. The van der Waals surface area contributed by atoms with Crippen molar-refractivity contribution in [1.82, 2.24) is 5.32 Å². The highest BCUT2D eigenvalue weighted by molar-refractivity contribution is 5.94. The minimum atomic E-state index is -0.276. The zero-order valence-corrected chi connectivity index (χ0v) is 11.4. The van der Waals surface area contributed by atoms with E-state index in [4.69, 9.17) is 5.73 Å². The second-order valence-electron chi connectivity index (χ2n) is 5.39. The number of aliphatic hydroxyl groups is 1. The average molecular weight is 262 g/mol. The Morgan fingerprint density at radius 3 is 2.84 bits per heavy atom. The van der Waals surface area contributed by atoms with Crippen molar-refractivity contribution in [3.05, 3.63) is 29.3 Å². The van der Waals surface area contributed by atoms with Gasteiger partial charge in [0.1, 0.15) is 0 Å². The molecule has 0 aromatic heterocycles. The van der Waals surface area contributed by atoms with E-state index in [9.17, 15) is 9.90 Å². The van der Waals surface area contributed by atoms with Crippen molar-refractivity contribution in [3.8, 4) is 0 Å². The van der Waals surface area contributed by atoms with Gasteiger partial charge in [0, 0.05) is 23.7 Å². The number of anilines is 1. The molecule has 2 unspecified atom stereocenters. The van der Waals surface area contributed by atoms with Crippen LogP contribution in [0.1, 0.15) is 41.6 Å². The van der Waals surface area contributed by atoms with Crippen molar-refractivity contribution in [2.75, 3.05) is 12.3 Å². The molecule has 4 nitrogen and oxygen atoms in total. The maximum atomic E-state index is 12.0. The first-order chi connectivity index (χ1) is 9.08. The molecule has 1 aliphatic carbocycles. The zero-order valence-electron chi connectivity index (χ0n) is 11.4. The topological polar surface area (TPSA) is 75.3 Å². The first-order valence-electron chi connectivity index (χ1n) is 6.90. The van der Waals surface area contributed by atoms with E-state index >= 15 is 0 Å². The number of nitrogens with two attached hydrogens (primary N) is 1. The van der Waals surface area contributed by atoms with Gasteiger partial charge in [0.25, 0.3) is 5.91 Å². The molecule has 1 aromatic carbocycles. The molecular formula is C15H22N2O2. The van der Waals surface area contributed by atoms with E-state index in [1.807, 2.05) is 6.92 Å². The van der Waals surface area contributed by atoms with Crippen LogP contribution in [0.2, 0.25) is 0 Å². The Labute approximate surface area is 114 Å². The van der Waals surface area contributed by atoms with Gasteiger partial charge in [-0.3, -0.25) is 4.79 Å². The maximum absolute atomic E-state index is 12.0. The lowest BCUT2D eigenvalue weighted by Gasteiger charge is -2.27. The van der Waals surface area contributed by atoms with Gasteiger partial charge in [0.2, 0.25) is 0 Å². The van der Waals surface area contributed by atoms with E-state index in [1.165, 1.54) is 0 Å². The summed E-state index contributed by atoms with van der Waals surface area (Å²) in [4.78, 5) is 12.0. The van der Waals surface area contributed by atoms with Gasteiger partial charge in [0.05, 0.1) is 6.10 Å². The van der Waals surface area contributed by atoms with Gasteiger partial charge >= 0.3 is 0 Å². The molecule has 1 aliphatic rings. The lowest BCUT2D eigenvalue weighted by Crippen LogP contribution is -2.36. The van der Waals surface area contributed by atoms with Crippen LogP contribution in [0.15, 0.2) is 18.2 Å². The molecule has 4 heteroatoms. The average Bonchev–Trinajstić information content (AvgIpc) is 2.40. The number of hydrogen-bond donors (Lipinski definition) is 3. The first kappa shape index (κ1) is 13.9. The van der Waals surface area contributed by atoms with Crippen LogP contribution in [-0.4, -0.2) is 23.7 Å². The second kappa shape index (κ2) is 6.06. The molecule has 0 heterocycles. The molecule has 0 spiro atoms. The van der Waals surface area contributed by atoms with Crippen LogP contribution in [0.3, 0.4) is 0 Å². The number of aryl methyl sites for hydroxylation is 1. The molecule has 1 fully saturated rings. The number of aliphatic hydroxyl groups excluding tert-OH is 1. The number of nitrogen functional groups attached to an aromatic ring is 1. The molecule has 2 atom stereocenters. The summed E-state index contributed by atoms with van der Waals surface area (Å²) in [5, 5.41) is 12.8. The molecule has 1 amide bonds. The van der Waals surface area contributed by atoms with Crippen molar-refractivity contribution < 1.29 is 9.90 Å². The third kappa shape index (κ3) is 3.47. The smallest absolute Gasteiger partial charge is 0.251 e. The summed E-state index contributed by atoms with van der Waals surface area (Å²) in [6, 6.07) is 5.27. The van der Waals surface area contributed by atoms with Gasteiger partial charge in [-0.15, -0.1) is 0 Å². The molecule has 1 saturated carbocycles. The van der Waals surface area contributed by atoms with Crippen LogP contribution < -0.4 is 11.1 Å². The molecule has 4 N–H and O–H groups in total. The first-order valence-corrected chi connectivity index (χ1v) is 6.90. The summed E-state index contributed by atoms with van der Waals surface area (Å²) in [5.74, 6) is 0.0912. The minimum Gasteiger partial charge on any atom is -0.399 e. The fourth-order valence-electron chi connectivity index (χ4n) is 2.57. The van der Waals surface area contributed by atoms with E-state index in [2.05, 4.69) is 5.32 Å².